The second kappa shape index (κ2) is 13.1. The maximum atomic E-state index is 13.2. The Kier molecular flexibility index (Phi) is 10.2. The van der Waals surface area contributed by atoms with E-state index in [0.29, 0.717) is 32.3 Å². The zero-order valence-corrected chi connectivity index (χ0v) is 21.6. The van der Waals surface area contributed by atoms with E-state index in [1.165, 1.54) is 0 Å². The maximum Gasteiger partial charge on any atom is 0.312 e. The molecule has 0 aromatic heterocycles. The molecule has 9 nitrogen and oxygen atoms in total. The fourth-order valence-corrected chi connectivity index (χ4v) is 3.78. The second-order valence-corrected chi connectivity index (χ2v) is 10.7. The predicted octanol–water partition coefficient (Wildman–Crippen LogP) is 3.01. The average molecular weight is 501 g/mol. The van der Waals surface area contributed by atoms with Gasteiger partial charge in [-0.1, -0.05) is 6.92 Å². The highest BCUT2D eigenvalue weighted by molar-refractivity contribution is 5.76. The van der Waals surface area contributed by atoms with E-state index < -0.39 is 17.8 Å². The first-order valence-electron chi connectivity index (χ1n) is 13.5. The van der Waals surface area contributed by atoms with E-state index in [9.17, 15) is 4.79 Å². The Morgan fingerprint density at radius 1 is 0.800 bits per heavy atom. The number of carbonyl (C=O) groups is 1. The number of hydrogen-bond acceptors (Lipinski definition) is 9. The Morgan fingerprint density at radius 2 is 1.26 bits per heavy atom. The number of epoxide rings is 4. The molecule has 0 spiro atoms. The fraction of sp³-hybridized carbons (Fsp3) is 0.962. The molecule has 4 fully saturated rings. The summed E-state index contributed by atoms with van der Waals surface area (Å²) in [5.74, 6) is -0.261. The fourth-order valence-electron chi connectivity index (χ4n) is 3.78. The van der Waals surface area contributed by atoms with Gasteiger partial charge >= 0.3 is 5.97 Å². The summed E-state index contributed by atoms with van der Waals surface area (Å²) in [6, 6.07) is 0. The zero-order chi connectivity index (χ0) is 24.7. The summed E-state index contributed by atoms with van der Waals surface area (Å²) in [4.78, 5) is 13.2. The van der Waals surface area contributed by atoms with Crippen LogP contribution in [0, 0.1) is 5.41 Å². The maximum absolute atomic E-state index is 13.2. The largest absolute Gasteiger partial charge is 0.454 e. The van der Waals surface area contributed by atoms with Crippen molar-refractivity contribution in [3.05, 3.63) is 0 Å². The standard InChI is InChI=1S/C26H44O9/c1-4-26(2,3)25(27)35-23(22(7-5-6-18-14-31-18)28-11-8-19-15-32-19)24(29-12-9-20-16-33-20)30-13-10-21-17-34-21/h18-24H,4-17H2,1-3H3. The van der Waals surface area contributed by atoms with Crippen LogP contribution < -0.4 is 0 Å². The third-order valence-electron chi connectivity index (χ3n) is 7.15. The number of esters is 1. The second-order valence-electron chi connectivity index (χ2n) is 10.7. The first-order chi connectivity index (χ1) is 16.9. The van der Waals surface area contributed by atoms with Crippen molar-refractivity contribution in [1.29, 1.82) is 0 Å². The molecule has 4 heterocycles. The van der Waals surface area contributed by atoms with E-state index >= 15 is 0 Å². The predicted molar refractivity (Wildman–Crippen MR) is 126 cm³/mol. The minimum Gasteiger partial charge on any atom is -0.454 e. The van der Waals surface area contributed by atoms with E-state index in [1.807, 2.05) is 20.8 Å². The molecule has 4 aliphatic heterocycles. The number of ether oxygens (including phenoxy) is 8. The van der Waals surface area contributed by atoms with Gasteiger partial charge in [-0.15, -0.1) is 0 Å². The zero-order valence-electron chi connectivity index (χ0n) is 21.6. The quantitative estimate of drug-likeness (QED) is 0.134. The molecule has 0 aromatic carbocycles. The molecule has 4 aliphatic rings. The smallest absolute Gasteiger partial charge is 0.312 e. The van der Waals surface area contributed by atoms with Crippen molar-refractivity contribution in [1.82, 2.24) is 0 Å². The molecule has 6 unspecified atom stereocenters. The first kappa shape index (κ1) is 27.2. The topological polar surface area (TPSA) is 104 Å². The van der Waals surface area contributed by atoms with Gasteiger partial charge in [0.15, 0.2) is 12.4 Å². The van der Waals surface area contributed by atoms with Crippen molar-refractivity contribution < 1.29 is 42.7 Å². The van der Waals surface area contributed by atoms with Gasteiger partial charge in [0.2, 0.25) is 0 Å². The molecule has 9 heteroatoms. The van der Waals surface area contributed by atoms with Crippen LogP contribution in [-0.2, 0) is 42.7 Å². The van der Waals surface area contributed by atoms with Crippen LogP contribution in [0.2, 0.25) is 0 Å². The van der Waals surface area contributed by atoms with E-state index in [2.05, 4.69) is 0 Å². The van der Waals surface area contributed by atoms with Crippen molar-refractivity contribution in [3.63, 3.8) is 0 Å². The Morgan fingerprint density at radius 3 is 1.71 bits per heavy atom. The minimum absolute atomic E-state index is 0.250. The number of rotatable bonds is 21. The lowest BCUT2D eigenvalue weighted by molar-refractivity contribution is -0.239. The normalized spacial score (nSPS) is 29.3. The van der Waals surface area contributed by atoms with E-state index in [-0.39, 0.29) is 30.4 Å². The number of hydrogen-bond donors (Lipinski definition) is 0. The van der Waals surface area contributed by atoms with Gasteiger partial charge in [-0.25, -0.2) is 0 Å². The van der Waals surface area contributed by atoms with Gasteiger partial charge in [-0.3, -0.25) is 4.79 Å². The van der Waals surface area contributed by atoms with Gasteiger partial charge < -0.3 is 37.9 Å². The highest BCUT2D eigenvalue weighted by Crippen LogP contribution is 2.29. The summed E-state index contributed by atoms with van der Waals surface area (Å²) in [6.45, 7) is 10.4. The van der Waals surface area contributed by atoms with Crippen LogP contribution in [0.15, 0.2) is 0 Å². The highest BCUT2D eigenvalue weighted by atomic mass is 16.7. The van der Waals surface area contributed by atoms with Crippen molar-refractivity contribution in [2.45, 2.75) is 109 Å². The van der Waals surface area contributed by atoms with Crippen molar-refractivity contribution in [3.8, 4) is 0 Å². The molecule has 0 amide bonds. The Hall–Kier alpha value is -0.810. The van der Waals surface area contributed by atoms with Gasteiger partial charge in [0.25, 0.3) is 0 Å². The van der Waals surface area contributed by atoms with Crippen molar-refractivity contribution >= 4 is 5.97 Å². The van der Waals surface area contributed by atoms with Crippen molar-refractivity contribution in [2.75, 3.05) is 46.2 Å². The summed E-state index contributed by atoms with van der Waals surface area (Å²) in [7, 11) is 0. The molecule has 4 rings (SSSR count). The van der Waals surface area contributed by atoms with Crippen LogP contribution in [-0.4, -0.2) is 95.1 Å². The molecule has 0 bridgehead atoms. The lowest BCUT2D eigenvalue weighted by Gasteiger charge is -2.35. The summed E-state index contributed by atoms with van der Waals surface area (Å²) in [6.07, 6.45) is 5.08. The third-order valence-corrected chi connectivity index (χ3v) is 7.15. The van der Waals surface area contributed by atoms with Gasteiger partial charge in [-0.2, -0.15) is 0 Å². The monoisotopic (exact) mass is 500 g/mol. The van der Waals surface area contributed by atoms with Crippen LogP contribution >= 0.6 is 0 Å². The summed E-state index contributed by atoms with van der Waals surface area (Å²) in [5.41, 5.74) is -0.610. The Bertz CT molecular complexity index is 565. The lowest BCUT2D eigenvalue weighted by atomic mass is 9.90. The average Bonchev–Trinajstić information content (AvgIpc) is 3.66. The summed E-state index contributed by atoms with van der Waals surface area (Å²) < 4.78 is 46.4. The SMILES string of the molecule is CCC(C)(C)C(=O)OC(C(CCCC1CO1)OCCC1CO1)C(OCCC1CO1)OCCC1CO1. The van der Waals surface area contributed by atoms with Crippen LogP contribution in [0.3, 0.4) is 0 Å². The van der Waals surface area contributed by atoms with E-state index in [4.69, 9.17) is 37.9 Å². The molecule has 6 atom stereocenters. The molecule has 4 saturated heterocycles. The summed E-state index contributed by atoms with van der Waals surface area (Å²) in [5, 5.41) is 0. The van der Waals surface area contributed by atoms with E-state index in [1.54, 1.807) is 0 Å². The first-order valence-corrected chi connectivity index (χ1v) is 13.5. The van der Waals surface area contributed by atoms with Gasteiger partial charge in [-0.05, 0) is 58.8 Å². The van der Waals surface area contributed by atoms with Gasteiger partial charge in [0.1, 0.15) is 0 Å². The molecular weight excluding hydrogens is 456 g/mol. The Labute approximate surface area is 209 Å². The number of carbonyl (C=O) groups excluding carboxylic acids is 1. The van der Waals surface area contributed by atoms with Crippen LogP contribution in [0.25, 0.3) is 0 Å². The molecule has 0 radical (unpaired) electrons. The molecule has 0 N–H and O–H groups in total. The van der Waals surface area contributed by atoms with Crippen LogP contribution in [0.4, 0.5) is 0 Å². The summed E-state index contributed by atoms with van der Waals surface area (Å²) >= 11 is 0. The molecule has 202 valence electrons. The third kappa shape index (κ3) is 10.2. The van der Waals surface area contributed by atoms with Gasteiger partial charge in [0, 0.05) is 6.61 Å². The van der Waals surface area contributed by atoms with E-state index in [0.717, 1.165) is 65.0 Å². The molecule has 0 aromatic rings. The minimum atomic E-state index is -0.719. The van der Waals surface area contributed by atoms with Crippen LogP contribution in [0.5, 0.6) is 0 Å². The Balaban J connectivity index is 1.44. The lowest BCUT2D eigenvalue weighted by Crippen LogP contribution is -2.47. The van der Waals surface area contributed by atoms with Crippen molar-refractivity contribution in [2.24, 2.45) is 5.41 Å². The van der Waals surface area contributed by atoms with Gasteiger partial charge in [0.05, 0.1) is 75.6 Å². The molecule has 35 heavy (non-hydrogen) atoms. The molecule has 0 saturated carbocycles. The molecule has 0 aliphatic carbocycles. The highest BCUT2D eigenvalue weighted by Gasteiger charge is 2.40. The molecular formula is C26H44O9. The van der Waals surface area contributed by atoms with Crippen LogP contribution in [0.1, 0.15) is 65.7 Å².